The minimum atomic E-state index is 0.0288. The van der Waals surface area contributed by atoms with Crippen molar-refractivity contribution in [1.29, 1.82) is 0 Å². The molecule has 4 aliphatic carbocycles. The average molecular weight is 790 g/mol. The SMILES string of the molecule is CC(C)CCC[C@@H](C)[C@H]1CC[C@H]2[C@@H]3CC=C4CC(OC(=O)CCCCCCCCCCOc5ccc(-n6cc(-c7ccccc7)nn6)cc5)CC[C@]4(C)[C@H]3CC[C@]12C. The van der Waals surface area contributed by atoms with Crippen LogP contribution in [0.3, 0.4) is 0 Å². The Morgan fingerprint density at radius 3 is 2.31 bits per heavy atom. The van der Waals surface area contributed by atoms with E-state index in [1.54, 1.807) is 10.3 Å². The van der Waals surface area contributed by atoms with Crippen molar-refractivity contribution in [2.24, 2.45) is 46.3 Å². The van der Waals surface area contributed by atoms with E-state index in [2.05, 4.69) is 51.0 Å². The van der Waals surface area contributed by atoms with Gasteiger partial charge < -0.3 is 9.47 Å². The van der Waals surface area contributed by atoms with Crippen molar-refractivity contribution in [3.8, 4) is 22.7 Å². The van der Waals surface area contributed by atoms with Crippen molar-refractivity contribution in [1.82, 2.24) is 15.0 Å². The number of rotatable bonds is 20. The number of aromatic nitrogens is 3. The fourth-order valence-electron chi connectivity index (χ4n) is 12.4. The van der Waals surface area contributed by atoms with Crippen molar-refractivity contribution in [2.45, 2.75) is 169 Å². The maximum atomic E-state index is 12.9. The zero-order chi connectivity index (χ0) is 40.5. The van der Waals surface area contributed by atoms with Crippen LogP contribution in [0.4, 0.5) is 0 Å². The zero-order valence-electron chi connectivity index (χ0n) is 36.8. The molecule has 6 heteroatoms. The van der Waals surface area contributed by atoms with Gasteiger partial charge in [0.15, 0.2) is 0 Å². The summed E-state index contributed by atoms with van der Waals surface area (Å²) in [6.45, 7) is 13.4. The van der Waals surface area contributed by atoms with Crippen LogP contribution in [0, 0.1) is 46.3 Å². The van der Waals surface area contributed by atoms with Crippen LogP contribution in [0.25, 0.3) is 16.9 Å². The Kier molecular flexibility index (Phi) is 14.6. The molecular formula is C52H75N3O3. The number of unbranched alkanes of at least 4 members (excludes halogenated alkanes) is 7. The molecule has 1 unspecified atom stereocenters. The van der Waals surface area contributed by atoms with E-state index >= 15 is 0 Å². The van der Waals surface area contributed by atoms with Gasteiger partial charge in [0.2, 0.25) is 0 Å². The number of hydrogen-bond acceptors (Lipinski definition) is 5. The number of fused-ring (bicyclic) bond motifs is 5. The lowest BCUT2D eigenvalue weighted by atomic mass is 9.47. The molecule has 0 N–H and O–H groups in total. The monoisotopic (exact) mass is 790 g/mol. The molecule has 4 aliphatic rings. The first-order valence-electron chi connectivity index (χ1n) is 23.7. The van der Waals surface area contributed by atoms with Gasteiger partial charge in [-0.15, -0.1) is 5.10 Å². The van der Waals surface area contributed by atoms with Gasteiger partial charge in [0.1, 0.15) is 17.5 Å². The van der Waals surface area contributed by atoms with Gasteiger partial charge in [0, 0.05) is 18.4 Å². The largest absolute Gasteiger partial charge is 0.494 e. The maximum Gasteiger partial charge on any atom is 0.306 e. The van der Waals surface area contributed by atoms with Crippen molar-refractivity contribution in [3.05, 3.63) is 72.4 Å². The Hall–Kier alpha value is -3.41. The van der Waals surface area contributed by atoms with E-state index in [9.17, 15) is 4.79 Å². The van der Waals surface area contributed by atoms with E-state index in [0.717, 1.165) is 96.9 Å². The number of benzene rings is 2. The number of nitrogens with zero attached hydrogens (tertiary/aromatic N) is 3. The molecule has 0 amide bonds. The van der Waals surface area contributed by atoms with Crippen molar-refractivity contribution in [2.75, 3.05) is 6.61 Å². The second-order valence-electron chi connectivity index (χ2n) is 20.0. The van der Waals surface area contributed by atoms with Gasteiger partial charge in [-0.3, -0.25) is 4.79 Å². The Bertz CT molecular complexity index is 1770. The zero-order valence-corrected chi connectivity index (χ0v) is 36.8. The van der Waals surface area contributed by atoms with Crippen LogP contribution < -0.4 is 4.74 Å². The Morgan fingerprint density at radius 1 is 0.810 bits per heavy atom. The smallest absolute Gasteiger partial charge is 0.306 e. The third-order valence-corrected chi connectivity index (χ3v) is 15.8. The van der Waals surface area contributed by atoms with Crippen LogP contribution in [0.5, 0.6) is 5.75 Å². The summed E-state index contributed by atoms with van der Waals surface area (Å²) in [4.78, 5) is 12.9. The predicted molar refractivity (Wildman–Crippen MR) is 237 cm³/mol. The van der Waals surface area contributed by atoms with Crippen LogP contribution in [-0.4, -0.2) is 33.7 Å². The average Bonchev–Trinajstić information content (AvgIpc) is 3.86. The molecule has 0 aliphatic heterocycles. The molecule has 0 bridgehead atoms. The summed E-state index contributed by atoms with van der Waals surface area (Å²) in [5.74, 6) is 6.08. The fourth-order valence-corrected chi connectivity index (χ4v) is 12.4. The molecule has 0 saturated heterocycles. The summed E-state index contributed by atoms with van der Waals surface area (Å²) in [5.41, 5.74) is 5.35. The van der Waals surface area contributed by atoms with E-state index in [4.69, 9.17) is 9.47 Å². The lowest BCUT2D eigenvalue weighted by Gasteiger charge is -2.58. The Balaban J connectivity index is 0.732. The molecule has 3 fully saturated rings. The van der Waals surface area contributed by atoms with Gasteiger partial charge in [0.05, 0.1) is 18.5 Å². The molecule has 2 aromatic carbocycles. The second-order valence-corrected chi connectivity index (χ2v) is 20.0. The number of carbonyl (C=O) groups is 1. The van der Waals surface area contributed by atoms with Gasteiger partial charge >= 0.3 is 5.97 Å². The molecule has 0 spiro atoms. The normalized spacial score (nSPS) is 28.3. The molecule has 8 atom stereocenters. The molecule has 58 heavy (non-hydrogen) atoms. The Labute approximate surface area is 351 Å². The number of hydrogen-bond donors (Lipinski definition) is 0. The number of carbonyl (C=O) groups excluding carboxylic acids is 1. The molecule has 1 aromatic heterocycles. The standard InChI is InChI=1S/C52H75N3O3/c1-38(2)18-17-19-39(3)46-29-30-47-45-28-23-41-36-44(31-33-51(41,4)48(45)32-34-52(46,47)5)58-50(56)22-15-10-8-6-7-9-11-16-35-57-43-26-24-42(25-27-43)55-37-49(53-54-55)40-20-13-12-14-21-40/h12-14,20-21,23-27,37-39,44-48H,6-11,15-19,22,28-36H2,1-5H3/t39-,44?,45+,46-,47+,48+,51+,52-/m1/s1. The van der Waals surface area contributed by atoms with Crippen LogP contribution in [-0.2, 0) is 9.53 Å². The molecule has 3 aromatic rings. The van der Waals surface area contributed by atoms with E-state index in [0.29, 0.717) is 17.3 Å². The molecule has 6 nitrogen and oxygen atoms in total. The van der Waals surface area contributed by atoms with Crippen LogP contribution >= 0.6 is 0 Å². The molecular weight excluding hydrogens is 715 g/mol. The summed E-state index contributed by atoms with van der Waals surface area (Å²) in [6.07, 6.45) is 28.9. The lowest BCUT2D eigenvalue weighted by Crippen LogP contribution is -2.51. The molecule has 7 rings (SSSR count). The fraction of sp³-hybridized carbons (Fsp3) is 0.673. The summed E-state index contributed by atoms with van der Waals surface area (Å²) in [6, 6.07) is 18.2. The van der Waals surface area contributed by atoms with Crippen LogP contribution in [0.15, 0.2) is 72.4 Å². The molecule has 316 valence electrons. The highest BCUT2D eigenvalue weighted by Gasteiger charge is 2.59. The predicted octanol–water partition coefficient (Wildman–Crippen LogP) is 13.8. The summed E-state index contributed by atoms with van der Waals surface area (Å²) < 4.78 is 14.0. The van der Waals surface area contributed by atoms with E-state index in [-0.39, 0.29) is 12.1 Å². The van der Waals surface area contributed by atoms with Crippen molar-refractivity contribution >= 4 is 5.97 Å². The molecule has 1 heterocycles. The number of allylic oxidation sites excluding steroid dienone is 1. The van der Waals surface area contributed by atoms with E-state index < -0.39 is 0 Å². The first kappa shape index (κ1) is 42.7. The van der Waals surface area contributed by atoms with Crippen molar-refractivity contribution in [3.63, 3.8) is 0 Å². The van der Waals surface area contributed by atoms with Crippen LogP contribution in [0.2, 0.25) is 0 Å². The van der Waals surface area contributed by atoms with Crippen LogP contribution in [0.1, 0.15) is 163 Å². The first-order valence-corrected chi connectivity index (χ1v) is 23.7. The quantitative estimate of drug-likeness (QED) is 0.0648. The first-order chi connectivity index (χ1) is 28.1. The highest BCUT2D eigenvalue weighted by molar-refractivity contribution is 5.69. The summed E-state index contributed by atoms with van der Waals surface area (Å²) >= 11 is 0. The molecule has 3 saturated carbocycles. The second kappa shape index (κ2) is 19.8. The highest BCUT2D eigenvalue weighted by Crippen LogP contribution is 2.67. The third kappa shape index (κ3) is 10.1. The topological polar surface area (TPSA) is 66.2 Å². The Morgan fingerprint density at radius 2 is 1.55 bits per heavy atom. The van der Waals surface area contributed by atoms with Gasteiger partial charge in [-0.2, -0.15) is 0 Å². The third-order valence-electron chi connectivity index (χ3n) is 15.8. The minimum absolute atomic E-state index is 0.0288. The van der Waals surface area contributed by atoms with Crippen molar-refractivity contribution < 1.29 is 14.3 Å². The number of esters is 1. The highest BCUT2D eigenvalue weighted by atomic mass is 16.5. The summed E-state index contributed by atoms with van der Waals surface area (Å²) in [7, 11) is 0. The van der Waals surface area contributed by atoms with Gasteiger partial charge in [-0.1, -0.05) is 140 Å². The van der Waals surface area contributed by atoms with E-state index in [1.165, 1.54) is 89.9 Å². The van der Waals surface area contributed by atoms with Gasteiger partial charge in [0.25, 0.3) is 0 Å². The maximum absolute atomic E-state index is 12.9. The van der Waals surface area contributed by atoms with E-state index in [1.807, 2.05) is 60.8 Å². The lowest BCUT2D eigenvalue weighted by molar-refractivity contribution is -0.151. The van der Waals surface area contributed by atoms with Gasteiger partial charge in [-0.25, -0.2) is 4.68 Å². The van der Waals surface area contributed by atoms with Gasteiger partial charge in [-0.05, 0) is 128 Å². The minimum Gasteiger partial charge on any atom is -0.494 e. The molecule has 0 radical (unpaired) electrons. The number of ether oxygens (including phenoxy) is 2. The summed E-state index contributed by atoms with van der Waals surface area (Å²) in [5, 5.41) is 8.61.